The van der Waals surface area contributed by atoms with E-state index < -0.39 is 11.9 Å². The molecule has 34 heavy (non-hydrogen) atoms. The summed E-state index contributed by atoms with van der Waals surface area (Å²) in [6.07, 6.45) is 3.17. The molecular formula is C26H26Cl2FN3O2. The van der Waals surface area contributed by atoms with Crippen LogP contribution in [0.4, 0.5) is 10.2 Å². The normalized spacial score (nSPS) is 16.9. The molecule has 5 nitrogen and oxygen atoms in total. The minimum atomic E-state index is -0.665. The molecule has 1 saturated heterocycles. The van der Waals surface area contributed by atoms with Gasteiger partial charge in [0.25, 0.3) is 5.91 Å². The number of nitrogens with two attached hydrogens (primary N) is 1. The predicted molar refractivity (Wildman–Crippen MR) is 134 cm³/mol. The maximum atomic E-state index is 13.9. The second-order valence-electron chi connectivity index (χ2n) is 8.70. The highest BCUT2D eigenvalue weighted by molar-refractivity contribution is 6.36. The van der Waals surface area contributed by atoms with Crippen molar-refractivity contribution in [3.05, 3.63) is 75.7 Å². The molecule has 1 aliphatic heterocycles. The lowest BCUT2D eigenvalue weighted by molar-refractivity contribution is 0.0683. The second-order valence-corrected chi connectivity index (χ2v) is 9.49. The molecule has 1 amide bonds. The molecule has 1 aromatic heterocycles. The minimum Gasteiger partial charge on any atom is -0.482 e. The Morgan fingerprint density at radius 2 is 1.94 bits per heavy atom. The predicted octanol–water partition coefficient (Wildman–Crippen LogP) is 6.79. The summed E-state index contributed by atoms with van der Waals surface area (Å²) >= 11 is 12.3. The van der Waals surface area contributed by atoms with Gasteiger partial charge in [-0.25, -0.2) is 9.37 Å². The third-order valence-electron chi connectivity index (χ3n) is 6.08. The van der Waals surface area contributed by atoms with Gasteiger partial charge in [0, 0.05) is 41.0 Å². The van der Waals surface area contributed by atoms with E-state index in [2.05, 4.69) is 11.9 Å². The van der Waals surface area contributed by atoms with Gasteiger partial charge in [0.2, 0.25) is 0 Å². The van der Waals surface area contributed by atoms with Gasteiger partial charge in [-0.05, 0) is 61.6 Å². The molecule has 2 atom stereocenters. The van der Waals surface area contributed by atoms with Crippen LogP contribution in [0.5, 0.6) is 5.75 Å². The number of aromatic nitrogens is 1. The van der Waals surface area contributed by atoms with E-state index in [4.69, 9.17) is 33.7 Å². The van der Waals surface area contributed by atoms with Crippen molar-refractivity contribution >= 4 is 34.9 Å². The number of carbonyl (C=O) groups excluding carboxylic acids is 1. The summed E-state index contributed by atoms with van der Waals surface area (Å²) < 4.78 is 19.9. The number of nitrogens with zero attached hydrogens (tertiary/aromatic N) is 2. The molecule has 1 aliphatic rings. The molecular weight excluding hydrogens is 476 g/mol. The summed E-state index contributed by atoms with van der Waals surface area (Å²) in [6.45, 7) is 5.47. The Labute approximate surface area is 208 Å². The van der Waals surface area contributed by atoms with Crippen LogP contribution >= 0.6 is 23.2 Å². The number of nitrogen functional groups attached to an aromatic ring is 1. The first-order chi connectivity index (χ1) is 16.2. The number of ether oxygens (including phenoxy) is 1. The summed E-state index contributed by atoms with van der Waals surface area (Å²) in [4.78, 5) is 19.0. The van der Waals surface area contributed by atoms with E-state index in [1.165, 1.54) is 12.1 Å². The zero-order valence-corrected chi connectivity index (χ0v) is 20.5. The van der Waals surface area contributed by atoms with Crippen LogP contribution in [0.25, 0.3) is 11.1 Å². The largest absolute Gasteiger partial charge is 0.482 e. The number of amides is 1. The molecule has 0 bridgehead atoms. The average molecular weight is 502 g/mol. The molecule has 178 valence electrons. The van der Waals surface area contributed by atoms with Crippen molar-refractivity contribution < 1.29 is 13.9 Å². The fourth-order valence-electron chi connectivity index (χ4n) is 4.23. The number of halogens is 3. The van der Waals surface area contributed by atoms with Gasteiger partial charge < -0.3 is 15.4 Å². The van der Waals surface area contributed by atoms with Crippen molar-refractivity contribution in [3.63, 3.8) is 0 Å². The number of hydrogen-bond donors (Lipinski definition) is 1. The van der Waals surface area contributed by atoms with Gasteiger partial charge in [0.1, 0.15) is 11.9 Å². The third kappa shape index (κ3) is 5.13. The van der Waals surface area contributed by atoms with Gasteiger partial charge in [0.05, 0.1) is 5.02 Å². The Bertz CT molecular complexity index is 1200. The smallest absolute Gasteiger partial charge is 0.253 e. The zero-order chi connectivity index (χ0) is 24.4. The number of likely N-dealkylation sites (tertiary alicyclic amines) is 1. The molecule has 0 spiro atoms. The quantitative estimate of drug-likeness (QED) is 0.390. The minimum absolute atomic E-state index is 0.0511. The molecule has 2 aromatic carbocycles. The molecule has 4 rings (SSSR count). The molecule has 0 radical (unpaired) electrons. The van der Waals surface area contributed by atoms with Crippen molar-refractivity contribution in [2.24, 2.45) is 5.92 Å². The van der Waals surface area contributed by atoms with E-state index in [-0.39, 0.29) is 16.7 Å². The highest BCUT2D eigenvalue weighted by Gasteiger charge is 2.22. The number of pyridine rings is 1. The number of rotatable bonds is 5. The van der Waals surface area contributed by atoms with Gasteiger partial charge >= 0.3 is 0 Å². The van der Waals surface area contributed by atoms with E-state index >= 15 is 0 Å². The summed E-state index contributed by atoms with van der Waals surface area (Å²) in [6, 6.07) is 11.8. The van der Waals surface area contributed by atoms with Crippen LogP contribution in [0.15, 0.2) is 48.7 Å². The molecule has 2 unspecified atom stereocenters. The van der Waals surface area contributed by atoms with Crippen molar-refractivity contribution in [1.29, 1.82) is 0 Å². The number of carbonyl (C=O) groups is 1. The van der Waals surface area contributed by atoms with Crippen molar-refractivity contribution in [1.82, 2.24) is 9.88 Å². The number of benzene rings is 2. The molecule has 8 heteroatoms. The van der Waals surface area contributed by atoms with Gasteiger partial charge in [-0.2, -0.15) is 0 Å². The maximum absolute atomic E-state index is 13.9. The van der Waals surface area contributed by atoms with Crippen LogP contribution in [0.2, 0.25) is 10.0 Å². The molecule has 1 fully saturated rings. The summed E-state index contributed by atoms with van der Waals surface area (Å²) in [5.41, 5.74) is 8.64. The zero-order valence-electron chi connectivity index (χ0n) is 19.0. The van der Waals surface area contributed by atoms with E-state index in [1.807, 2.05) is 29.2 Å². The number of anilines is 1. The third-order valence-corrected chi connectivity index (χ3v) is 6.79. The highest BCUT2D eigenvalue weighted by atomic mass is 35.5. The van der Waals surface area contributed by atoms with Crippen LogP contribution in [0.3, 0.4) is 0 Å². The Morgan fingerprint density at radius 3 is 2.65 bits per heavy atom. The Hall–Kier alpha value is -2.83. The first-order valence-corrected chi connectivity index (χ1v) is 12.0. The van der Waals surface area contributed by atoms with Crippen molar-refractivity contribution in [2.45, 2.75) is 32.8 Å². The van der Waals surface area contributed by atoms with E-state index in [1.54, 1.807) is 19.2 Å². The van der Waals surface area contributed by atoms with E-state index in [9.17, 15) is 9.18 Å². The van der Waals surface area contributed by atoms with Gasteiger partial charge in [-0.1, -0.05) is 42.3 Å². The first kappa shape index (κ1) is 24.3. The number of hydrogen-bond acceptors (Lipinski definition) is 4. The Morgan fingerprint density at radius 1 is 1.21 bits per heavy atom. The first-order valence-electron chi connectivity index (χ1n) is 11.2. The lowest BCUT2D eigenvalue weighted by Gasteiger charge is -2.31. The molecule has 2 heterocycles. The SMILES string of the molecule is CC1CCCN(C(=O)c2ccc(-c3cnc(N)c(OC(C)c4c(Cl)ccc(F)c4Cl)c3)cc2)C1. The maximum Gasteiger partial charge on any atom is 0.253 e. The second kappa shape index (κ2) is 10.2. The Balaban J connectivity index is 1.54. The topological polar surface area (TPSA) is 68.5 Å². The molecule has 3 aromatic rings. The fraction of sp³-hybridized carbons (Fsp3) is 0.308. The monoisotopic (exact) mass is 501 g/mol. The Kier molecular flexibility index (Phi) is 7.29. The molecule has 0 saturated carbocycles. The van der Waals surface area contributed by atoms with E-state index in [0.29, 0.717) is 27.8 Å². The summed E-state index contributed by atoms with van der Waals surface area (Å²) in [5.74, 6) is 0.505. The van der Waals surface area contributed by atoms with Crippen LogP contribution in [0.1, 0.15) is 48.7 Å². The average Bonchev–Trinajstić information content (AvgIpc) is 2.83. The van der Waals surface area contributed by atoms with Crippen LogP contribution in [-0.2, 0) is 0 Å². The summed E-state index contributed by atoms with van der Waals surface area (Å²) in [7, 11) is 0. The molecule has 0 aliphatic carbocycles. The standard InChI is InChI=1S/C26H26Cl2FN3O2/c1-15-4-3-11-32(14-15)26(33)18-7-5-17(6-8-18)19-12-22(25(30)31-13-19)34-16(2)23-20(27)9-10-21(29)24(23)28/h5-10,12-13,15-16H,3-4,11,14H2,1-2H3,(H2,30,31). The molecule has 2 N–H and O–H groups in total. The lowest BCUT2D eigenvalue weighted by Crippen LogP contribution is -2.39. The van der Waals surface area contributed by atoms with Crippen molar-refractivity contribution in [3.8, 4) is 16.9 Å². The van der Waals surface area contributed by atoms with Gasteiger partial charge in [-0.15, -0.1) is 0 Å². The lowest BCUT2D eigenvalue weighted by atomic mass is 9.99. The van der Waals surface area contributed by atoms with Gasteiger partial charge in [-0.3, -0.25) is 4.79 Å². The fourth-order valence-corrected chi connectivity index (χ4v) is 4.91. The highest BCUT2D eigenvalue weighted by Crippen LogP contribution is 2.37. The van der Waals surface area contributed by atoms with Crippen LogP contribution in [0, 0.1) is 11.7 Å². The number of piperidine rings is 1. The van der Waals surface area contributed by atoms with Crippen LogP contribution < -0.4 is 10.5 Å². The van der Waals surface area contributed by atoms with Crippen molar-refractivity contribution in [2.75, 3.05) is 18.8 Å². The summed E-state index contributed by atoms with van der Waals surface area (Å²) in [5, 5.41) is 0.205. The van der Waals surface area contributed by atoms with Crippen LogP contribution in [-0.4, -0.2) is 28.9 Å². The van der Waals surface area contributed by atoms with E-state index in [0.717, 1.165) is 37.1 Å². The van der Waals surface area contributed by atoms with Gasteiger partial charge in [0.15, 0.2) is 11.6 Å².